The van der Waals surface area contributed by atoms with Crippen molar-refractivity contribution in [3.05, 3.63) is 34.3 Å². The lowest BCUT2D eigenvalue weighted by atomic mass is 10.2. The molecule has 15 heavy (non-hydrogen) atoms. The van der Waals surface area contributed by atoms with Crippen LogP contribution in [-0.2, 0) is 6.54 Å². The lowest BCUT2D eigenvalue weighted by Gasteiger charge is -2.20. The van der Waals surface area contributed by atoms with E-state index < -0.39 is 0 Å². The second-order valence-corrected chi connectivity index (χ2v) is 5.55. The molecule has 0 aliphatic rings. The van der Waals surface area contributed by atoms with Crippen molar-refractivity contribution in [2.24, 2.45) is 5.92 Å². The molecule has 0 aromatic heterocycles. The highest BCUT2D eigenvalue weighted by molar-refractivity contribution is 9.10. The maximum absolute atomic E-state index is 3.57. The Morgan fingerprint density at radius 3 is 2.60 bits per heavy atom. The van der Waals surface area contributed by atoms with E-state index in [-0.39, 0.29) is 0 Å². The Kier molecular flexibility index (Phi) is 5.87. The number of halogens is 2. The molecule has 0 fully saturated rings. The Morgan fingerprint density at radius 1 is 1.33 bits per heavy atom. The van der Waals surface area contributed by atoms with Crippen molar-refractivity contribution in [3.63, 3.8) is 0 Å². The predicted molar refractivity (Wildman–Crippen MR) is 73.4 cm³/mol. The standard InChI is InChI=1S/C12H17Br2N/c1-10(7-13)8-15(2)9-11-5-3-4-6-12(11)14/h3-6,10H,7-9H2,1-2H3. The van der Waals surface area contributed by atoms with Crippen LogP contribution in [0.5, 0.6) is 0 Å². The van der Waals surface area contributed by atoms with Crippen molar-refractivity contribution in [1.29, 1.82) is 0 Å². The maximum Gasteiger partial charge on any atom is 0.0242 e. The molecule has 3 heteroatoms. The first-order chi connectivity index (χ1) is 7.13. The fourth-order valence-electron chi connectivity index (χ4n) is 1.56. The monoisotopic (exact) mass is 333 g/mol. The quantitative estimate of drug-likeness (QED) is 0.738. The lowest BCUT2D eigenvalue weighted by Crippen LogP contribution is -2.24. The first-order valence-electron chi connectivity index (χ1n) is 5.11. The van der Waals surface area contributed by atoms with Crippen molar-refractivity contribution >= 4 is 31.9 Å². The van der Waals surface area contributed by atoms with E-state index in [1.54, 1.807) is 0 Å². The second kappa shape index (κ2) is 6.66. The minimum absolute atomic E-state index is 0.692. The lowest BCUT2D eigenvalue weighted by molar-refractivity contribution is 0.290. The highest BCUT2D eigenvalue weighted by Crippen LogP contribution is 2.17. The van der Waals surface area contributed by atoms with Crippen molar-refractivity contribution in [2.45, 2.75) is 13.5 Å². The van der Waals surface area contributed by atoms with Crippen molar-refractivity contribution < 1.29 is 0 Å². The maximum atomic E-state index is 3.57. The summed E-state index contributed by atoms with van der Waals surface area (Å²) in [7, 11) is 2.17. The van der Waals surface area contributed by atoms with Gasteiger partial charge in [-0.1, -0.05) is 57.0 Å². The van der Waals surface area contributed by atoms with Crippen molar-refractivity contribution in [1.82, 2.24) is 4.90 Å². The molecule has 1 unspecified atom stereocenters. The minimum atomic E-state index is 0.692. The average molecular weight is 335 g/mol. The van der Waals surface area contributed by atoms with E-state index in [0.717, 1.165) is 18.4 Å². The molecular formula is C12H17Br2N. The van der Waals surface area contributed by atoms with Crippen LogP contribution in [0.4, 0.5) is 0 Å². The zero-order chi connectivity index (χ0) is 11.3. The molecule has 0 aliphatic carbocycles. The van der Waals surface area contributed by atoms with Crippen molar-refractivity contribution in [2.75, 3.05) is 18.9 Å². The first kappa shape index (κ1) is 13.2. The molecule has 84 valence electrons. The zero-order valence-electron chi connectivity index (χ0n) is 9.21. The van der Waals surface area contributed by atoms with Crippen LogP contribution in [-0.4, -0.2) is 23.8 Å². The van der Waals surface area contributed by atoms with Crippen LogP contribution < -0.4 is 0 Å². The first-order valence-corrected chi connectivity index (χ1v) is 7.03. The largest absolute Gasteiger partial charge is 0.302 e. The molecule has 0 bridgehead atoms. The number of nitrogens with zero attached hydrogens (tertiary/aromatic N) is 1. The second-order valence-electron chi connectivity index (χ2n) is 4.05. The third-order valence-corrected chi connectivity index (χ3v) is 4.16. The average Bonchev–Trinajstić information content (AvgIpc) is 2.21. The summed E-state index contributed by atoms with van der Waals surface area (Å²) >= 11 is 7.08. The predicted octanol–water partition coefficient (Wildman–Crippen LogP) is 3.91. The normalized spacial score (nSPS) is 13.1. The molecule has 0 amide bonds. The molecule has 0 radical (unpaired) electrons. The molecule has 1 atom stereocenters. The highest BCUT2D eigenvalue weighted by atomic mass is 79.9. The minimum Gasteiger partial charge on any atom is -0.302 e. The van der Waals surface area contributed by atoms with Crippen LogP contribution in [0.2, 0.25) is 0 Å². The van der Waals surface area contributed by atoms with Crippen LogP contribution >= 0.6 is 31.9 Å². The number of benzene rings is 1. The Labute approximate surface area is 109 Å². The molecule has 1 aromatic carbocycles. The molecule has 0 saturated heterocycles. The molecular weight excluding hydrogens is 318 g/mol. The summed E-state index contributed by atoms with van der Waals surface area (Å²) < 4.78 is 1.20. The summed E-state index contributed by atoms with van der Waals surface area (Å²) in [6, 6.07) is 8.40. The summed E-state index contributed by atoms with van der Waals surface area (Å²) in [5.74, 6) is 0.692. The van der Waals surface area contributed by atoms with Gasteiger partial charge < -0.3 is 4.90 Å². The van der Waals surface area contributed by atoms with Crippen molar-refractivity contribution in [3.8, 4) is 0 Å². The summed E-state index contributed by atoms with van der Waals surface area (Å²) in [5.41, 5.74) is 1.35. The number of rotatable bonds is 5. The zero-order valence-corrected chi connectivity index (χ0v) is 12.4. The Hall–Kier alpha value is 0.140. The number of hydrogen-bond donors (Lipinski definition) is 0. The van der Waals surface area contributed by atoms with Gasteiger partial charge in [-0.05, 0) is 24.6 Å². The molecule has 1 rings (SSSR count). The Morgan fingerprint density at radius 2 is 2.00 bits per heavy atom. The summed E-state index contributed by atoms with van der Waals surface area (Å²) in [4.78, 5) is 2.35. The SMILES string of the molecule is CC(CBr)CN(C)Cc1ccccc1Br. The third-order valence-electron chi connectivity index (χ3n) is 2.28. The van der Waals surface area contributed by atoms with Crippen LogP contribution in [0.3, 0.4) is 0 Å². The molecule has 1 nitrogen and oxygen atoms in total. The molecule has 0 heterocycles. The van der Waals surface area contributed by atoms with Crippen LogP contribution in [0, 0.1) is 5.92 Å². The van der Waals surface area contributed by atoms with Gasteiger partial charge in [0.05, 0.1) is 0 Å². The van der Waals surface area contributed by atoms with E-state index in [2.05, 4.69) is 75.0 Å². The smallest absolute Gasteiger partial charge is 0.0242 e. The van der Waals surface area contributed by atoms with Gasteiger partial charge in [0.15, 0.2) is 0 Å². The number of alkyl halides is 1. The summed E-state index contributed by atoms with van der Waals surface area (Å²) in [6.45, 7) is 4.37. The van der Waals surface area contributed by atoms with Gasteiger partial charge in [-0.15, -0.1) is 0 Å². The number of hydrogen-bond acceptors (Lipinski definition) is 1. The highest BCUT2D eigenvalue weighted by Gasteiger charge is 2.07. The van der Waals surface area contributed by atoms with Crippen LogP contribution in [0.25, 0.3) is 0 Å². The topological polar surface area (TPSA) is 3.24 Å². The van der Waals surface area contributed by atoms with Gasteiger partial charge >= 0.3 is 0 Å². The fourth-order valence-corrected chi connectivity index (χ4v) is 2.18. The molecule has 0 aliphatic heterocycles. The van der Waals surface area contributed by atoms with E-state index in [0.29, 0.717) is 5.92 Å². The van der Waals surface area contributed by atoms with Gasteiger partial charge in [0.25, 0.3) is 0 Å². The van der Waals surface area contributed by atoms with E-state index in [1.807, 2.05) is 0 Å². The molecule has 1 aromatic rings. The van der Waals surface area contributed by atoms with Crippen LogP contribution in [0.1, 0.15) is 12.5 Å². The summed E-state index contributed by atoms with van der Waals surface area (Å²) in [6.07, 6.45) is 0. The van der Waals surface area contributed by atoms with E-state index >= 15 is 0 Å². The van der Waals surface area contributed by atoms with Gasteiger partial charge in [-0.25, -0.2) is 0 Å². The molecule has 0 N–H and O–H groups in total. The van der Waals surface area contributed by atoms with Gasteiger partial charge in [-0.3, -0.25) is 0 Å². The van der Waals surface area contributed by atoms with Gasteiger partial charge in [0.1, 0.15) is 0 Å². The van der Waals surface area contributed by atoms with E-state index in [4.69, 9.17) is 0 Å². The van der Waals surface area contributed by atoms with Crippen LogP contribution in [0.15, 0.2) is 28.7 Å². The Balaban J connectivity index is 2.51. The third kappa shape index (κ3) is 4.66. The molecule has 0 spiro atoms. The van der Waals surface area contributed by atoms with Gasteiger partial charge in [-0.2, -0.15) is 0 Å². The van der Waals surface area contributed by atoms with Gasteiger partial charge in [0, 0.05) is 22.9 Å². The van der Waals surface area contributed by atoms with Gasteiger partial charge in [0.2, 0.25) is 0 Å². The van der Waals surface area contributed by atoms with E-state index in [9.17, 15) is 0 Å². The fraction of sp³-hybridized carbons (Fsp3) is 0.500. The Bertz CT molecular complexity index is 301. The summed E-state index contributed by atoms with van der Waals surface area (Å²) in [5, 5.41) is 1.06. The molecule has 0 saturated carbocycles. The van der Waals surface area contributed by atoms with E-state index in [1.165, 1.54) is 10.0 Å².